The molecule has 0 spiro atoms. The molecule has 0 saturated carbocycles. The van der Waals surface area contributed by atoms with Gasteiger partial charge in [-0.05, 0) is 19.3 Å². The first-order valence-electron chi connectivity index (χ1n) is 5.47. The van der Waals surface area contributed by atoms with Crippen molar-refractivity contribution in [2.24, 2.45) is 5.92 Å². The number of aliphatic hydroxyl groups is 1. The van der Waals surface area contributed by atoms with Crippen molar-refractivity contribution < 1.29 is 9.90 Å². The van der Waals surface area contributed by atoms with Crippen molar-refractivity contribution in [1.29, 1.82) is 0 Å². The fourth-order valence-electron chi connectivity index (χ4n) is 1.88. The second kappa shape index (κ2) is 4.51. The zero-order valence-corrected chi connectivity index (χ0v) is 10.3. The number of aromatic nitrogens is 1. The van der Waals surface area contributed by atoms with Gasteiger partial charge in [-0.1, -0.05) is 6.92 Å². The number of amides is 1. The van der Waals surface area contributed by atoms with Gasteiger partial charge in [-0.3, -0.25) is 4.79 Å². The molecule has 4 nitrogen and oxygen atoms in total. The summed E-state index contributed by atoms with van der Waals surface area (Å²) in [5, 5.41) is 9.76. The van der Waals surface area contributed by atoms with E-state index < -0.39 is 6.10 Å². The highest BCUT2D eigenvalue weighted by atomic mass is 32.1. The molecular weight excluding hydrogens is 224 g/mol. The normalized spacial score (nSPS) is 25.8. The summed E-state index contributed by atoms with van der Waals surface area (Å²) in [6.07, 6.45) is 0.469. The summed E-state index contributed by atoms with van der Waals surface area (Å²) in [4.78, 5) is 18.6. The number of likely N-dealkylation sites (tertiary alicyclic amines) is 1. The molecule has 1 aliphatic heterocycles. The number of hydrogen-bond acceptors (Lipinski definition) is 4. The van der Waals surface area contributed by atoms with Crippen molar-refractivity contribution in [2.45, 2.75) is 26.4 Å². The minimum atomic E-state index is -0.397. The van der Waals surface area contributed by atoms with Gasteiger partial charge in [-0.15, -0.1) is 11.3 Å². The number of aryl methyl sites for hydroxylation is 1. The highest BCUT2D eigenvalue weighted by Gasteiger charge is 2.29. The largest absolute Gasteiger partial charge is 0.391 e. The molecule has 1 saturated heterocycles. The molecule has 0 aliphatic carbocycles. The van der Waals surface area contributed by atoms with Gasteiger partial charge in [0.05, 0.1) is 17.3 Å². The molecule has 0 bridgehead atoms. The third kappa shape index (κ3) is 2.10. The van der Waals surface area contributed by atoms with Gasteiger partial charge in [0, 0.05) is 13.1 Å². The minimum absolute atomic E-state index is 0.00551. The van der Waals surface area contributed by atoms with E-state index >= 15 is 0 Å². The summed E-state index contributed by atoms with van der Waals surface area (Å²) < 4.78 is 0. The van der Waals surface area contributed by atoms with Crippen molar-refractivity contribution in [3.05, 3.63) is 16.1 Å². The van der Waals surface area contributed by atoms with Crippen molar-refractivity contribution in [1.82, 2.24) is 9.88 Å². The van der Waals surface area contributed by atoms with Gasteiger partial charge in [0.1, 0.15) is 4.88 Å². The van der Waals surface area contributed by atoms with Gasteiger partial charge in [0.2, 0.25) is 0 Å². The molecule has 2 heterocycles. The molecule has 1 aromatic heterocycles. The second-order valence-corrected chi connectivity index (χ2v) is 5.21. The second-order valence-electron chi connectivity index (χ2n) is 4.35. The maximum absolute atomic E-state index is 12.1. The molecule has 0 aromatic carbocycles. The molecule has 1 aromatic rings. The lowest BCUT2D eigenvalue weighted by molar-refractivity contribution is 0.0251. The molecule has 1 amide bonds. The topological polar surface area (TPSA) is 53.4 Å². The Kier molecular flexibility index (Phi) is 3.25. The van der Waals surface area contributed by atoms with Crippen molar-refractivity contribution in [3.8, 4) is 0 Å². The van der Waals surface area contributed by atoms with Crippen LogP contribution in [-0.4, -0.2) is 40.1 Å². The van der Waals surface area contributed by atoms with Crippen LogP contribution in [0.2, 0.25) is 0 Å². The smallest absolute Gasteiger partial charge is 0.265 e. The number of piperidine rings is 1. The number of thiazole rings is 1. The quantitative estimate of drug-likeness (QED) is 0.805. The van der Waals surface area contributed by atoms with Crippen LogP contribution in [0, 0.1) is 12.8 Å². The zero-order chi connectivity index (χ0) is 11.7. The van der Waals surface area contributed by atoms with Gasteiger partial charge < -0.3 is 10.0 Å². The highest BCUT2D eigenvalue weighted by Crippen LogP contribution is 2.21. The van der Waals surface area contributed by atoms with E-state index in [1.807, 2.05) is 13.8 Å². The Morgan fingerprint density at radius 3 is 3.00 bits per heavy atom. The Balaban J connectivity index is 2.09. The summed E-state index contributed by atoms with van der Waals surface area (Å²) in [6, 6.07) is 0. The van der Waals surface area contributed by atoms with Crippen LogP contribution in [0.4, 0.5) is 0 Å². The predicted molar refractivity (Wildman–Crippen MR) is 62.5 cm³/mol. The van der Waals surface area contributed by atoms with E-state index in [-0.39, 0.29) is 11.8 Å². The number of aliphatic hydroxyl groups excluding tert-OH is 1. The monoisotopic (exact) mass is 240 g/mol. The lowest BCUT2D eigenvalue weighted by Gasteiger charge is -2.34. The fraction of sp³-hybridized carbons (Fsp3) is 0.636. The number of nitrogens with zero attached hydrogens (tertiary/aromatic N) is 2. The lowest BCUT2D eigenvalue weighted by atomic mass is 9.96. The molecule has 2 rings (SSSR count). The van der Waals surface area contributed by atoms with Gasteiger partial charge in [-0.2, -0.15) is 0 Å². The third-order valence-corrected chi connectivity index (χ3v) is 4.06. The van der Waals surface area contributed by atoms with Gasteiger partial charge >= 0.3 is 0 Å². The number of carbonyl (C=O) groups excluding carboxylic acids is 1. The minimum Gasteiger partial charge on any atom is -0.391 e. The molecular formula is C11H16N2O2S. The first-order valence-corrected chi connectivity index (χ1v) is 6.35. The summed E-state index contributed by atoms with van der Waals surface area (Å²) >= 11 is 1.37. The average Bonchev–Trinajstić information content (AvgIpc) is 2.67. The summed E-state index contributed by atoms with van der Waals surface area (Å²) in [5.74, 6) is 0.289. The Bertz CT molecular complexity index is 391. The molecule has 16 heavy (non-hydrogen) atoms. The van der Waals surface area contributed by atoms with E-state index in [0.717, 1.165) is 18.7 Å². The van der Waals surface area contributed by atoms with Crippen LogP contribution in [0.25, 0.3) is 0 Å². The lowest BCUT2D eigenvalue weighted by Crippen LogP contribution is -2.45. The first kappa shape index (κ1) is 11.5. The van der Waals surface area contributed by atoms with Gasteiger partial charge in [0.15, 0.2) is 0 Å². The zero-order valence-electron chi connectivity index (χ0n) is 9.51. The molecule has 5 heteroatoms. The Hall–Kier alpha value is -0.940. The van der Waals surface area contributed by atoms with Crippen molar-refractivity contribution in [2.75, 3.05) is 13.1 Å². The molecule has 88 valence electrons. The fourth-order valence-corrected chi connectivity index (χ4v) is 2.65. The molecule has 1 N–H and O–H groups in total. The Morgan fingerprint density at radius 2 is 2.44 bits per heavy atom. The number of hydrogen-bond donors (Lipinski definition) is 1. The van der Waals surface area contributed by atoms with E-state index in [4.69, 9.17) is 0 Å². The van der Waals surface area contributed by atoms with Crippen LogP contribution in [0.5, 0.6) is 0 Å². The van der Waals surface area contributed by atoms with Crippen molar-refractivity contribution in [3.63, 3.8) is 0 Å². The van der Waals surface area contributed by atoms with Gasteiger partial charge in [0.25, 0.3) is 5.91 Å². The van der Waals surface area contributed by atoms with Crippen LogP contribution in [-0.2, 0) is 0 Å². The number of carbonyl (C=O) groups is 1. The van der Waals surface area contributed by atoms with E-state index in [1.165, 1.54) is 11.3 Å². The van der Waals surface area contributed by atoms with Crippen LogP contribution < -0.4 is 0 Å². The van der Waals surface area contributed by atoms with E-state index in [2.05, 4.69) is 4.98 Å². The standard InChI is InChI=1S/C11H16N2O2S/c1-7-3-4-13(5-9(7)14)11(15)10-8(2)12-6-16-10/h6-7,9,14H,3-5H2,1-2H3. The molecule has 0 radical (unpaired) electrons. The maximum atomic E-state index is 12.1. The molecule has 2 unspecified atom stereocenters. The number of β-amino-alcohol motifs (C(OH)–C–C–N with tert-alkyl or cyclic N) is 1. The number of rotatable bonds is 1. The summed E-state index contributed by atoms with van der Waals surface area (Å²) in [5.41, 5.74) is 2.47. The van der Waals surface area contributed by atoms with Crippen molar-refractivity contribution >= 4 is 17.2 Å². The van der Waals surface area contributed by atoms with Crippen LogP contribution in [0.15, 0.2) is 5.51 Å². The summed E-state index contributed by atoms with van der Waals surface area (Å²) in [7, 11) is 0. The molecule has 1 aliphatic rings. The predicted octanol–water partition coefficient (Wildman–Crippen LogP) is 1.29. The highest BCUT2D eigenvalue weighted by molar-refractivity contribution is 7.11. The SMILES string of the molecule is Cc1ncsc1C(=O)N1CCC(C)C(O)C1. The molecule has 2 atom stereocenters. The van der Waals surface area contributed by atoms with Gasteiger partial charge in [-0.25, -0.2) is 4.98 Å². The first-order chi connectivity index (χ1) is 7.59. The van der Waals surface area contributed by atoms with E-state index in [1.54, 1.807) is 10.4 Å². The van der Waals surface area contributed by atoms with Crippen LogP contribution in [0.1, 0.15) is 28.7 Å². The Morgan fingerprint density at radius 1 is 1.69 bits per heavy atom. The third-order valence-electron chi connectivity index (χ3n) is 3.15. The van der Waals surface area contributed by atoms with Crippen LogP contribution in [0.3, 0.4) is 0 Å². The maximum Gasteiger partial charge on any atom is 0.265 e. The van der Waals surface area contributed by atoms with E-state index in [9.17, 15) is 9.90 Å². The van der Waals surface area contributed by atoms with Crippen LogP contribution >= 0.6 is 11.3 Å². The molecule has 1 fully saturated rings. The summed E-state index contributed by atoms with van der Waals surface area (Å²) in [6.45, 7) is 5.03. The Labute approximate surface area is 98.9 Å². The van der Waals surface area contributed by atoms with E-state index in [0.29, 0.717) is 11.4 Å². The average molecular weight is 240 g/mol.